The van der Waals surface area contributed by atoms with Crippen molar-refractivity contribution >= 4 is 11.6 Å². The van der Waals surface area contributed by atoms with E-state index in [2.05, 4.69) is 12.1 Å². The maximum Gasteiger partial charge on any atom is 0.271 e. The van der Waals surface area contributed by atoms with Gasteiger partial charge in [0.05, 0.1) is 5.69 Å². The quantitative estimate of drug-likeness (QED) is 0.926. The van der Waals surface area contributed by atoms with Crippen molar-refractivity contribution in [3.05, 3.63) is 53.9 Å². The standard InChI is InChI=1S/C16H19N3O/c1-18-11-13(17)9-15(18)16(20)19(14-7-8-14)10-12-5-3-2-4-6-12/h2-6,9,11,14H,7-8,10,17H2,1H3. The van der Waals surface area contributed by atoms with Gasteiger partial charge in [-0.1, -0.05) is 30.3 Å². The topological polar surface area (TPSA) is 51.3 Å². The van der Waals surface area contributed by atoms with Crippen LogP contribution in [0.5, 0.6) is 0 Å². The van der Waals surface area contributed by atoms with Gasteiger partial charge in [-0.25, -0.2) is 0 Å². The third-order valence-corrected chi connectivity index (χ3v) is 3.69. The lowest BCUT2D eigenvalue weighted by Gasteiger charge is -2.22. The van der Waals surface area contributed by atoms with Gasteiger partial charge in [0.15, 0.2) is 0 Å². The molecule has 0 saturated heterocycles. The molecular weight excluding hydrogens is 250 g/mol. The summed E-state index contributed by atoms with van der Waals surface area (Å²) in [7, 11) is 1.86. The predicted molar refractivity (Wildman–Crippen MR) is 79.2 cm³/mol. The highest BCUT2D eigenvalue weighted by molar-refractivity contribution is 5.94. The van der Waals surface area contributed by atoms with Gasteiger partial charge in [0.2, 0.25) is 0 Å². The van der Waals surface area contributed by atoms with E-state index >= 15 is 0 Å². The Morgan fingerprint density at radius 1 is 1.35 bits per heavy atom. The average Bonchev–Trinajstić information content (AvgIpc) is 3.22. The average molecular weight is 269 g/mol. The maximum atomic E-state index is 12.7. The van der Waals surface area contributed by atoms with E-state index in [4.69, 9.17) is 5.73 Å². The molecule has 0 aliphatic heterocycles. The van der Waals surface area contributed by atoms with Crippen LogP contribution < -0.4 is 5.73 Å². The molecule has 1 fully saturated rings. The largest absolute Gasteiger partial charge is 0.397 e. The third kappa shape index (κ3) is 2.54. The smallest absolute Gasteiger partial charge is 0.271 e. The lowest BCUT2D eigenvalue weighted by molar-refractivity contribution is 0.0720. The normalized spacial score (nSPS) is 14.2. The van der Waals surface area contributed by atoms with Crippen LogP contribution in [0.3, 0.4) is 0 Å². The number of nitrogen functional groups attached to an aromatic ring is 1. The molecule has 1 saturated carbocycles. The zero-order chi connectivity index (χ0) is 14.1. The Hall–Kier alpha value is -2.23. The molecule has 3 rings (SSSR count). The van der Waals surface area contributed by atoms with Crippen LogP contribution in [0, 0.1) is 0 Å². The SMILES string of the molecule is Cn1cc(N)cc1C(=O)N(Cc1ccccc1)C1CC1. The van der Waals surface area contributed by atoms with Crippen molar-refractivity contribution < 1.29 is 4.79 Å². The molecule has 4 nitrogen and oxygen atoms in total. The Kier molecular flexibility index (Phi) is 3.22. The summed E-state index contributed by atoms with van der Waals surface area (Å²) in [5.41, 5.74) is 8.22. The van der Waals surface area contributed by atoms with E-state index in [-0.39, 0.29) is 5.91 Å². The Balaban J connectivity index is 1.84. The second-order valence-corrected chi connectivity index (χ2v) is 5.42. The van der Waals surface area contributed by atoms with Crippen molar-refractivity contribution in [2.75, 3.05) is 5.73 Å². The Morgan fingerprint density at radius 2 is 2.05 bits per heavy atom. The maximum absolute atomic E-state index is 12.7. The van der Waals surface area contributed by atoms with Crippen LogP contribution >= 0.6 is 0 Å². The zero-order valence-electron chi connectivity index (χ0n) is 11.6. The molecule has 1 aliphatic carbocycles. The summed E-state index contributed by atoms with van der Waals surface area (Å²) < 4.78 is 1.80. The first kappa shape index (κ1) is 12.8. The van der Waals surface area contributed by atoms with E-state index in [1.165, 1.54) is 0 Å². The fraction of sp³-hybridized carbons (Fsp3) is 0.312. The lowest BCUT2D eigenvalue weighted by atomic mass is 10.2. The van der Waals surface area contributed by atoms with Gasteiger partial charge in [-0.05, 0) is 24.5 Å². The highest BCUT2D eigenvalue weighted by Gasteiger charge is 2.33. The molecule has 1 heterocycles. The number of aryl methyl sites for hydroxylation is 1. The van der Waals surface area contributed by atoms with Crippen LogP contribution in [-0.2, 0) is 13.6 Å². The number of anilines is 1. The molecule has 1 amide bonds. The molecule has 1 aromatic carbocycles. The van der Waals surface area contributed by atoms with Gasteiger partial charge in [0.25, 0.3) is 5.91 Å². The Labute approximate surface area is 118 Å². The summed E-state index contributed by atoms with van der Waals surface area (Å²) >= 11 is 0. The molecule has 2 N–H and O–H groups in total. The van der Waals surface area contributed by atoms with Gasteiger partial charge in [-0.15, -0.1) is 0 Å². The summed E-state index contributed by atoms with van der Waals surface area (Å²) in [6, 6.07) is 12.2. The van der Waals surface area contributed by atoms with Gasteiger partial charge in [0, 0.05) is 25.8 Å². The molecule has 0 spiro atoms. The van der Waals surface area contributed by atoms with E-state index in [0.717, 1.165) is 18.4 Å². The van der Waals surface area contributed by atoms with Crippen molar-refractivity contribution in [1.29, 1.82) is 0 Å². The number of nitrogens with zero attached hydrogens (tertiary/aromatic N) is 2. The van der Waals surface area contributed by atoms with Crippen molar-refractivity contribution in [3.63, 3.8) is 0 Å². The molecule has 1 aliphatic rings. The first-order valence-corrected chi connectivity index (χ1v) is 6.92. The number of benzene rings is 1. The van der Waals surface area contributed by atoms with E-state index < -0.39 is 0 Å². The highest BCUT2D eigenvalue weighted by Crippen LogP contribution is 2.30. The number of hydrogen-bond donors (Lipinski definition) is 1. The van der Waals surface area contributed by atoms with E-state index in [1.807, 2.05) is 30.1 Å². The number of carbonyl (C=O) groups excluding carboxylic acids is 1. The molecule has 104 valence electrons. The molecule has 0 unspecified atom stereocenters. The van der Waals surface area contributed by atoms with Crippen LogP contribution in [0.25, 0.3) is 0 Å². The van der Waals surface area contributed by atoms with Crippen LogP contribution in [-0.4, -0.2) is 21.4 Å². The van der Waals surface area contributed by atoms with Crippen LogP contribution in [0.15, 0.2) is 42.6 Å². The Morgan fingerprint density at radius 3 is 2.60 bits per heavy atom. The van der Waals surface area contributed by atoms with Crippen LogP contribution in [0.2, 0.25) is 0 Å². The van der Waals surface area contributed by atoms with Crippen molar-refractivity contribution in [3.8, 4) is 0 Å². The van der Waals surface area contributed by atoms with Crippen LogP contribution in [0.1, 0.15) is 28.9 Å². The lowest BCUT2D eigenvalue weighted by Crippen LogP contribution is -2.33. The van der Waals surface area contributed by atoms with Crippen molar-refractivity contribution in [2.24, 2.45) is 7.05 Å². The van der Waals surface area contributed by atoms with E-state index in [0.29, 0.717) is 24.0 Å². The van der Waals surface area contributed by atoms with Gasteiger partial charge in [-0.2, -0.15) is 0 Å². The molecule has 1 aromatic heterocycles. The third-order valence-electron chi connectivity index (χ3n) is 3.69. The van der Waals surface area contributed by atoms with E-state index in [9.17, 15) is 4.79 Å². The zero-order valence-corrected chi connectivity index (χ0v) is 11.6. The number of amides is 1. The summed E-state index contributed by atoms with van der Waals surface area (Å²) in [6.45, 7) is 0.662. The van der Waals surface area contributed by atoms with E-state index in [1.54, 1.807) is 16.8 Å². The summed E-state index contributed by atoms with van der Waals surface area (Å²) in [5.74, 6) is 0.0653. The number of aromatic nitrogens is 1. The van der Waals surface area contributed by atoms with Crippen LogP contribution in [0.4, 0.5) is 5.69 Å². The molecule has 2 aromatic rings. The van der Waals surface area contributed by atoms with Crippen molar-refractivity contribution in [1.82, 2.24) is 9.47 Å². The first-order chi connectivity index (χ1) is 9.65. The minimum atomic E-state index is 0.0653. The first-order valence-electron chi connectivity index (χ1n) is 6.92. The van der Waals surface area contributed by atoms with Crippen molar-refractivity contribution in [2.45, 2.75) is 25.4 Å². The number of carbonyl (C=O) groups is 1. The summed E-state index contributed by atoms with van der Waals surface area (Å²) in [4.78, 5) is 14.7. The number of nitrogens with two attached hydrogens (primary N) is 1. The minimum Gasteiger partial charge on any atom is -0.397 e. The fourth-order valence-electron chi connectivity index (χ4n) is 2.48. The molecule has 4 heteroatoms. The van der Waals surface area contributed by atoms with Gasteiger partial charge < -0.3 is 15.2 Å². The molecule has 0 radical (unpaired) electrons. The van der Waals surface area contributed by atoms with Gasteiger partial charge >= 0.3 is 0 Å². The second kappa shape index (κ2) is 5.04. The Bertz CT molecular complexity index is 614. The predicted octanol–water partition coefficient (Wildman–Crippen LogP) is 2.41. The van der Waals surface area contributed by atoms with Gasteiger partial charge in [0.1, 0.15) is 5.69 Å². The van der Waals surface area contributed by atoms with Gasteiger partial charge in [-0.3, -0.25) is 4.79 Å². The summed E-state index contributed by atoms with van der Waals surface area (Å²) in [6.07, 6.45) is 3.97. The minimum absolute atomic E-state index is 0.0653. The monoisotopic (exact) mass is 269 g/mol. The number of rotatable bonds is 4. The highest BCUT2D eigenvalue weighted by atomic mass is 16.2. The molecule has 20 heavy (non-hydrogen) atoms. The molecular formula is C16H19N3O. The fourth-order valence-corrected chi connectivity index (χ4v) is 2.48. The number of hydrogen-bond acceptors (Lipinski definition) is 2. The molecule has 0 bridgehead atoms. The second-order valence-electron chi connectivity index (χ2n) is 5.42. The summed E-state index contributed by atoms with van der Waals surface area (Å²) in [5, 5.41) is 0. The molecule has 0 atom stereocenters.